The van der Waals surface area contributed by atoms with E-state index in [1.54, 1.807) is 0 Å². The Labute approximate surface area is 257 Å². The Balaban J connectivity index is 0.00000612. The van der Waals surface area contributed by atoms with E-state index in [0.29, 0.717) is 0 Å². The number of carbonyl (C=O) groups excluding carboxylic acids is 2. The van der Waals surface area contributed by atoms with Gasteiger partial charge in [0.1, 0.15) is 26.4 Å². The third-order valence-electron chi connectivity index (χ3n) is 3.06. The van der Waals surface area contributed by atoms with Crippen LogP contribution in [0.3, 0.4) is 0 Å². The number of aromatic nitrogens is 6. The summed E-state index contributed by atoms with van der Waals surface area (Å²) in [6.07, 6.45) is 0. The van der Waals surface area contributed by atoms with Crippen molar-refractivity contribution in [3.05, 3.63) is 10.6 Å². The molecule has 0 saturated heterocycles. The topological polar surface area (TPSA) is 213 Å². The van der Waals surface area contributed by atoms with Crippen LogP contribution in [0.5, 0.6) is 24.0 Å². The van der Waals surface area contributed by atoms with Crippen LogP contribution in [0.15, 0.2) is 0 Å². The summed E-state index contributed by atoms with van der Waals surface area (Å²) < 4.78 is 30.6. The molecule has 0 unspecified atom stereocenters. The molecule has 186 valence electrons. The zero-order valence-corrected chi connectivity index (χ0v) is 24.7. The first-order valence-corrected chi connectivity index (χ1v) is 9.97. The minimum Gasteiger partial charge on any atom is -0.546 e. The van der Waals surface area contributed by atoms with Gasteiger partial charge in [-0.05, 0) is 23.2 Å². The van der Waals surface area contributed by atoms with E-state index in [9.17, 15) is 19.8 Å². The Morgan fingerprint density at radius 1 is 0.556 bits per heavy atom. The molecule has 0 aromatic carbocycles. The van der Waals surface area contributed by atoms with E-state index in [1.807, 2.05) is 0 Å². The molecule has 0 atom stereocenters. The normalized spacial score (nSPS) is 9.94. The van der Waals surface area contributed by atoms with Crippen LogP contribution in [0.2, 0.25) is 10.6 Å². The van der Waals surface area contributed by atoms with Gasteiger partial charge in [0.05, 0.1) is 38.4 Å². The molecule has 0 aliphatic rings. The fraction of sp³-hybridized carbons (Fsp3) is 0.500. The number of nitrogens with zero attached hydrogens (tertiary/aromatic N) is 6. The maximum atomic E-state index is 10.4. The molecule has 0 aliphatic heterocycles. The summed E-state index contributed by atoms with van der Waals surface area (Å²) in [5.41, 5.74) is 0. The standard InChI is InChI=1S/C16H18Cl2N6O10.2Na/c17-11-19-13(23-15(21-11)33-7-9(25)26)31-5-3-29-1-2-30-4-6-32-14-20-12(18)22-16(24-14)34-8-10(27)28;;/h1-8H2,(H,25,26)(H,27,28);;/q;2*+1/p-2. The number of rotatable bonds is 17. The molecule has 2 rings (SSSR count). The van der Waals surface area contributed by atoms with Gasteiger partial charge in [0.15, 0.2) is 0 Å². The predicted molar refractivity (Wildman–Crippen MR) is 103 cm³/mol. The minimum atomic E-state index is -1.45. The number of hydrogen-bond donors (Lipinski definition) is 0. The molecule has 0 bridgehead atoms. The van der Waals surface area contributed by atoms with Gasteiger partial charge >= 0.3 is 83.2 Å². The fourth-order valence-corrected chi connectivity index (χ4v) is 2.13. The predicted octanol–water partition coefficient (Wildman–Crippen LogP) is -8.88. The number of hydrogen-bond acceptors (Lipinski definition) is 16. The summed E-state index contributed by atoms with van der Waals surface area (Å²) in [5.74, 6) is -2.91. The maximum absolute atomic E-state index is 10.4. The second-order valence-corrected chi connectivity index (χ2v) is 6.26. The summed E-state index contributed by atoms with van der Waals surface area (Å²) in [5, 5.41) is 20.3. The van der Waals surface area contributed by atoms with Crippen molar-refractivity contribution in [1.29, 1.82) is 0 Å². The molecule has 0 spiro atoms. The van der Waals surface area contributed by atoms with Gasteiger partial charge in [-0.3, -0.25) is 0 Å². The largest absolute Gasteiger partial charge is 1.00 e. The van der Waals surface area contributed by atoms with E-state index in [2.05, 4.69) is 29.9 Å². The van der Waals surface area contributed by atoms with Gasteiger partial charge in [0.2, 0.25) is 10.6 Å². The van der Waals surface area contributed by atoms with Gasteiger partial charge in [-0.1, -0.05) is 0 Å². The van der Waals surface area contributed by atoms with Gasteiger partial charge in [0.25, 0.3) is 0 Å². The second kappa shape index (κ2) is 19.7. The molecule has 0 fully saturated rings. The van der Waals surface area contributed by atoms with Gasteiger partial charge in [0, 0.05) is 0 Å². The first-order valence-electron chi connectivity index (χ1n) is 9.21. The quantitative estimate of drug-likeness (QED) is 0.128. The number of carbonyl (C=O) groups is 2. The molecule has 16 nitrogen and oxygen atoms in total. The van der Waals surface area contributed by atoms with E-state index in [0.717, 1.165) is 0 Å². The van der Waals surface area contributed by atoms with Crippen molar-refractivity contribution >= 4 is 35.1 Å². The van der Waals surface area contributed by atoms with Crippen LogP contribution in [-0.4, -0.2) is 94.7 Å². The molecule has 2 aromatic heterocycles. The first-order chi connectivity index (χ1) is 16.3. The molecule has 36 heavy (non-hydrogen) atoms. The molecule has 0 amide bonds. The Hall–Kier alpha value is -1.34. The summed E-state index contributed by atoms with van der Waals surface area (Å²) in [6, 6.07) is -0.984. The van der Waals surface area contributed by atoms with Crippen LogP contribution in [0.25, 0.3) is 0 Å². The molecule has 0 radical (unpaired) electrons. The molecular formula is C16H16Cl2N6Na2O10. The number of halogens is 2. The number of carboxylic acids is 2. The van der Waals surface area contributed by atoms with Crippen molar-refractivity contribution < 1.29 is 107 Å². The van der Waals surface area contributed by atoms with Gasteiger partial charge in [-0.15, -0.1) is 9.97 Å². The summed E-state index contributed by atoms with van der Waals surface area (Å²) in [6.45, 7) is -0.584. The van der Waals surface area contributed by atoms with Crippen molar-refractivity contribution in [3.63, 3.8) is 0 Å². The number of carboxylic acid groups (broad SMARTS) is 2. The summed E-state index contributed by atoms with van der Waals surface area (Å²) >= 11 is 11.4. The molecule has 0 N–H and O–H groups in total. The third-order valence-corrected chi connectivity index (χ3v) is 3.40. The smallest absolute Gasteiger partial charge is 0.546 e. The zero-order valence-electron chi connectivity index (χ0n) is 19.2. The Morgan fingerprint density at radius 3 is 1.19 bits per heavy atom. The van der Waals surface area contributed by atoms with E-state index < -0.39 is 25.2 Å². The average Bonchev–Trinajstić information content (AvgIpc) is 2.77. The number of aliphatic carboxylic acids is 2. The Morgan fingerprint density at radius 2 is 0.861 bits per heavy atom. The fourth-order valence-electron chi connectivity index (χ4n) is 1.84. The van der Waals surface area contributed by atoms with E-state index >= 15 is 0 Å². The zero-order chi connectivity index (χ0) is 24.8. The molecule has 2 aromatic rings. The molecule has 2 heterocycles. The van der Waals surface area contributed by atoms with Crippen molar-refractivity contribution in [1.82, 2.24) is 29.9 Å². The van der Waals surface area contributed by atoms with Gasteiger partial charge in [-0.25, -0.2) is 0 Å². The summed E-state index contributed by atoms with van der Waals surface area (Å²) in [7, 11) is 0. The molecule has 20 heteroatoms. The minimum absolute atomic E-state index is 0. The summed E-state index contributed by atoms with van der Waals surface area (Å²) in [4.78, 5) is 42.8. The molecule has 0 saturated carbocycles. The Bertz CT molecular complexity index is 892. The van der Waals surface area contributed by atoms with Crippen molar-refractivity contribution in [2.75, 3.05) is 52.9 Å². The maximum Gasteiger partial charge on any atom is 1.00 e. The monoisotopic (exact) mass is 568 g/mol. The van der Waals surface area contributed by atoms with Crippen LogP contribution < -0.4 is 88.3 Å². The molecular weight excluding hydrogens is 553 g/mol. The van der Waals surface area contributed by atoms with Crippen LogP contribution in [-0.2, 0) is 19.1 Å². The van der Waals surface area contributed by atoms with Crippen LogP contribution >= 0.6 is 23.2 Å². The van der Waals surface area contributed by atoms with Gasteiger partial charge in [-0.2, -0.15) is 19.9 Å². The first kappa shape index (κ1) is 34.7. The van der Waals surface area contributed by atoms with E-state index in [1.165, 1.54) is 0 Å². The number of ether oxygens (including phenoxy) is 6. The van der Waals surface area contributed by atoms with Crippen molar-refractivity contribution in [2.24, 2.45) is 0 Å². The van der Waals surface area contributed by atoms with E-state index in [-0.39, 0.29) is 133 Å². The second-order valence-electron chi connectivity index (χ2n) is 5.58. The SMILES string of the molecule is O=C([O-])COc1nc(Cl)nc(OCCOCCOCCOc2nc(Cl)nc(OCC(=O)[O-])n2)n1.[Na+].[Na+]. The van der Waals surface area contributed by atoms with Crippen LogP contribution in [0.1, 0.15) is 0 Å². The Kier molecular flexibility index (Phi) is 19.0. The van der Waals surface area contributed by atoms with Crippen molar-refractivity contribution in [2.45, 2.75) is 0 Å². The average molecular weight is 569 g/mol. The van der Waals surface area contributed by atoms with Crippen LogP contribution in [0, 0.1) is 0 Å². The third kappa shape index (κ3) is 15.7. The van der Waals surface area contributed by atoms with Gasteiger partial charge < -0.3 is 48.2 Å². The van der Waals surface area contributed by atoms with E-state index in [4.69, 9.17) is 51.6 Å². The van der Waals surface area contributed by atoms with Crippen molar-refractivity contribution in [3.8, 4) is 24.0 Å². The van der Waals surface area contributed by atoms with Crippen LogP contribution in [0.4, 0.5) is 0 Å². The molecule has 0 aliphatic carbocycles.